The van der Waals surface area contributed by atoms with E-state index < -0.39 is 11.6 Å². The molecular weight excluding hydrogens is 292 g/mol. The number of carbonyl (C=O) groups is 2. The van der Waals surface area contributed by atoms with E-state index in [0.717, 1.165) is 25.2 Å². The molecule has 0 aromatic heterocycles. The fourth-order valence-corrected chi connectivity index (χ4v) is 3.93. The molecule has 2 fully saturated rings. The second-order valence-electron chi connectivity index (χ2n) is 7.69. The van der Waals surface area contributed by atoms with Crippen LogP contribution in [0.1, 0.15) is 27.2 Å². The van der Waals surface area contributed by atoms with Gasteiger partial charge in [-0.1, -0.05) is 0 Å². The molecule has 1 amide bonds. The lowest BCUT2D eigenvalue weighted by atomic mass is 9.79. The molecular formula is C18H25N2O3+. The Balaban J connectivity index is 2.00. The third-order valence-electron chi connectivity index (χ3n) is 4.81. The molecule has 3 aliphatic heterocycles. The fraction of sp³-hybridized carbons (Fsp3) is 0.556. The van der Waals surface area contributed by atoms with Gasteiger partial charge in [-0.3, -0.25) is 0 Å². The van der Waals surface area contributed by atoms with Crippen LogP contribution in [0.2, 0.25) is 0 Å². The maximum Gasteiger partial charge on any atom is 0.393 e. The first-order valence-electron chi connectivity index (χ1n) is 8.19. The molecule has 5 heteroatoms. The van der Waals surface area contributed by atoms with Crippen molar-refractivity contribution in [2.75, 3.05) is 19.6 Å². The molecule has 0 aromatic carbocycles. The van der Waals surface area contributed by atoms with Crippen molar-refractivity contribution in [2.45, 2.75) is 32.8 Å². The predicted molar refractivity (Wildman–Crippen MR) is 86.8 cm³/mol. The van der Waals surface area contributed by atoms with Gasteiger partial charge in [0.25, 0.3) is 0 Å². The number of fused-ring (bicyclic) bond motifs is 4. The van der Waals surface area contributed by atoms with Gasteiger partial charge >= 0.3 is 11.9 Å². The zero-order valence-corrected chi connectivity index (χ0v) is 14.1. The Morgan fingerprint density at radius 3 is 2.83 bits per heavy atom. The number of amides is 1. The summed E-state index contributed by atoms with van der Waals surface area (Å²) in [4.78, 5) is 25.5. The second-order valence-corrected chi connectivity index (χ2v) is 7.69. The number of nitrogens with zero attached hydrogens (tertiary/aromatic N) is 1. The van der Waals surface area contributed by atoms with Crippen LogP contribution >= 0.6 is 0 Å². The number of carbonyl (C=O) groups excluding carboxylic acids is 2. The highest BCUT2D eigenvalue weighted by Gasteiger charge is 2.55. The first-order valence-corrected chi connectivity index (χ1v) is 8.19. The highest BCUT2D eigenvalue weighted by atomic mass is 16.6. The van der Waals surface area contributed by atoms with Crippen LogP contribution in [0.25, 0.3) is 0 Å². The normalized spacial score (nSPS) is 32.8. The number of esters is 1. The monoisotopic (exact) mass is 317 g/mol. The molecule has 0 radical (unpaired) electrons. The highest BCUT2D eigenvalue weighted by molar-refractivity contribution is 5.93. The lowest BCUT2D eigenvalue weighted by molar-refractivity contribution is -0.786. The molecule has 3 aliphatic rings. The lowest BCUT2D eigenvalue weighted by Gasteiger charge is -2.48. The number of rotatable bonds is 2. The quantitative estimate of drug-likeness (QED) is 0.480. The van der Waals surface area contributed by atoms with Crippen molar-refractivity contribution in [3.05, 3.63) is 36.2 Å². The standard InChI is InChI=1S/C18H25N2O3/c1-12(17(22)23-18(2,3)4)20-11-13-8-14(10-19-9-13)15(20)6-5-7-16(20)21/h5-7,13-14,19H,1,8-11H2,2-4H3/q+1. The van der Waals surface area contributed by atoms with Crippen molar-refractivity contribution in [1.29, 1.82) is 0 Å². The third kappa shape index (κ3) is 2.68. The molecule has 3 heterocycles. The van der Waals surface area contributed by atoms with Crippen LogP contribution in [0.5, 0.6) is 0 Å². The van der Waals surface area contributed by atoms with Crippen LogP contribution in [0.15, 0.2) is 36.2 Å². The Bertz CT molecular complexity index is 627. The minimum absolute atomic E-state index is 0.0670. The molecule has 2 saturated heterocycles. The zero-order valence-electron chi connectivity index (χ0n) is 14.1. The maximum absolute atomic E-state index is 12.8. The van der Waals surface area contributed by atoms with Gasteiger partial charge in [0.15, 0.2) is 0 Å². The maximum atomic E-state index is 12.8. The fourth-order valence-electron chi connectivity index (χ4n) is 3.93. The van der Waals surface area contributed by atoms with Crippen LogP contribution in [0.3, 0.4) is 0 Å². The number of ether oxygens (including phenoxy) is 1. The first-order chi connectivity index (χ1) is 10.7. The number of allylic oxidation sites excluding steroid dienone is 2. The summed E-state index contributed by atoms with van der Waals surface area (Å²) < 4.78 is 5.43. The van der Waals surface area contributed by atoms with E-state index in [1.165, 1.54) is 0 Å². The van der Waals surface area contributed by atoms with Crippen molar-refractivity contribution in [1.82, 2.24) is 5.32 Å². The molecule has 0 spiro atoms. The average molecular weight is 317 g/mol. The molecule has 3 atom stereocenters. The van der Waals surface area contributed by atoms with Crippen molar-refractivity contribution >= 4 is 11.9 Å². The minimum atomic E-state index is -0.607. The summed E-state index contributed by atoms with van der Waals surface area (Å²) in [5.74, 6) is 0.0473. The van der Waals surface area contributed by atoms with Crippen LogP contribution in [-0.4, -0.2) is 41.6 Å². The van der Waals surface area contributed by atoms with Crippen LogP contribution < -0.4 is 5.32 Å². The van der Waals surface area contributed by atoms with E-state index in [4.69, 9.17) is 4.74 Å². The minimum Gasteiger partial charge on any atom is -0.452 e. The van der Waals surface area contributed by atoms with Gasteiger partial charge in [-0.25, -0.2) is 9.59 Å². The van der Waals surface area contributed by atoms with Gasteiger partial charge < -0.3 is 10.1 Å². The zero-order chi connectivity index (χ0) is 16.8. The third-order valence-corrected chi connectivity index (χ3v) is 4.81. The summed E-state index contributed by atoms with van der Waals surface area (Å²) >= 11 is 0. The van der Waals surface area contributed by atoms with Gasteiger partial charge in [-0.05, 0) is 45.9 Å². The Labute approximate surface area is 137 Å². The number of nitrogens with one attached hydrogen (secondary N) is 1. The molecule has 23 heavy (non-hydrogen) atoms. The van der Waals surface area contributed by atoms with Crippen molar-refractivity contribution in [3.63, 3.8) is 0 Å². The number of quaternary nitrogens is 1. The number of piperidine rings is 2. The number of hydrogen-bond donors (Lipinski definition) is 1. The molecule has 124 valence electrons. The topological polar surface area (TPSA) is 55.4 Å². The molecule has 2 bridgehead atoms. The average Bonchev–Trinajstić information content (AvgIpc) is 2.46. The van der Waals surface area contributed by atoms with Gasteiger partial charge in [-0.15, -0.1) is 0 Å². The smallest absolute Gasteiger partial charge is 0.393 e. The van der Waals surface area contributed by atoms with Crippen molar-refractivity contribution < 1.29 is 18.8 Å². The molecule has 3 unspecified atom stereocenters. The van der Waals surface area contributed by atoms with E-state index in [0.29, 0.717) is 12.5 Å². The Kier molecular flexibility index (Phi) is 3.81. The Morgan fingerprint density at radius 2 is 2.13 bits per heavy atom. The van der Waals surface area contributed by atoms with E-state index in [9.17, 15) is 9.59 Å². The van der Waals surface area contributed by atoms with Gasteiger partial charge in [0.05, 0.1) is 6.54 Å². The van der Waals surface area contributed by atoms with Gasteiger partial charge in [0.2, 0.25) is 5.70 Å². The molecule has 5 nitrogen and oxygen atoms in total. The molecule has 0 aromatic rings. The SMILES string of the molecule is C=C(C(=O)OC(C)(C)C)[N+]12CC3CNCC(C3)C1=CC=CC2=O. The molecule has 0 aliphatic carbocycles. The summed E-state index contributed by atoms with van der Waals surface area (Å²) in [6, 6.07) is 0. The van der Waals surface area contributed by atoms with E-state index in [1.54, 1.807) is 12.2 Å². The van der Waals surface area contributed by atoms with Crippen LogP contribution in [0.4, 0.5) is 0 Å². The predicted octanol–water partition coefficient (Wildman–Crippen LogP) is 1.88. The number of hydrogen-bond acceptors (Lipinski definition) is 4. The Hall–Kier alpha value is -1.72. The summed E-state index contributed by atoms with van der Waals surface area (Å²) in [6.45, 7) is 11.8. The molecule has 0 saturated carbocycles. The van der Waals surface area contributed by atoms with Crippen LogP contribution in [0, 0.1) is 11.8 Å². The highest BCUT2D eigenvalue weighted by Crippen LogP contribution is 2.43. The van der Waals surface area contributed by atoms with Gasteiger partial charge in [0, 0.05) is 31.0 Å². The molecule has 3 rings (SSSR count). The van der Waals surface area contributed by atoms with E-state index >= 15 is 0 Å². The first kappa shape index (κ1) is 16.1. The lowest BCUT2D eigenvalue weighted by Crippen LogP contribution is -2.63. The van der Waals surface area contributed by atoms with Crippen molar-refractivity contribution in [2.24, 2.45) is 11.8 Å². The van der Waals surface area contributed by atoms with Crippen LogP contribution in [-0.2, 0) is 14.3 Å². The van der Waals surface area contributed by atoms with E-state index in [1.807, 2.05) is 26.8 Å². The molecule has 1 N–H and O–H groups in total. The van der Waals surface area contributed by atoms with Gasteiger partial charge in [0.1, 0.15) is 11.3 Å². The summed E-state index contributed by atoms with van der Waals surface area (Å²) in [7, 11) is 0. The summed E-state index contributed by atoms with van der Waals surface area (Å²) in [6.07, 6.45) is 6.37. The van der Waals surface area contributed by atoms with E-state index in [-0.39, 0.29) is 22.0 Å². The second kappa shape index (κ2) is 5.42. The largest absolute Gasteiger partial charge is 0.452 e. The Morgan fingerprint density at radius 1 is 1.39 bits per heavy atom. The van der Waals surface area contributed by atoms with Gasteiger partial charge in [-0.2, -0.15) is 4.48 Å². The van der Waals surface area contributed by atoms with Crippen molar-refractivity contribution in [3.8, 4) is 0 Å². The van der Waals surface area contributed by atoms with E-state index in [2.05, 4.69) is 11.9 Å². The summed E-state index contributed by atoms with van der Waals surface area (Å²) in [5, 5.41) is 3.43. The summed E-state index contributed by atoms with van der Waals surface area (Å²) in [5.41, 5.74) is 0.596.